The smallest absolute Gasteiger partial charge is 0.298 e. The lowest BCUT2D eigenvalue weighted by Crippen LogP contribution is -1.99. The molecule has 0 saturated heterocycles. The molecule has 0 spiro atoms. The first-order valence-corrected chi connectivity index (χ1v) is 8.68. The van der Waals surface area contributed by atoms with E-state index in [9.17, 15) is 13.5 Å². The van der Waals surface area contributed by atoms with Crippen LogP contribution >= 0.6 is 0 Å². The van der Waals surface area contributed by atoms with Crippen molar-refractivity contribution in [2.75, 3.05) is 0 Å². The predicted octanol–water partition coefficient (Wildman–Crippen LogP) is 3.93. The number of aryl methyl sites for hydroxylation is 1. The topological polar surface area (TPSA) is 74.6 Å². The van der Waals surface area contributed by atoms with Gasteiger partial charge >= 0.3 is 0 Å². The molecule has 0 aliphatic carbocycles. The first kappa shape index (κ1) is 17.0. The highest BCUT2D eigenvalue weighted by atomic mass is 32.2. The number of benzene rings is 1. The van der Waals surface area contributed by atoms with E-state index in [0.29, 0.717) is 0 Å². The maximum Gasteiger partial charge on any atom is 0.298 e. The van der Waals surface area contributed by atoms with Crippen LogP contribution in [0.4, 0.5) is 0 Å². The van der Waals surface area contributed by atoms with Crippen molar-refractivity contribution in [2.24, 2.45) is 0 Å². The number of unbranched alkanes of at least 4 members (excludes halogenated alkanes) is 6. The van der Waals surface area contributed by atoms with E-state index < -0.39 is 15.0 Å². The summed E-state index contributed by atoms with van der Waals surface area (Å²) in [5.74, 6) is -0.382. The molecular formula is C15H24O4S. The predicted molar refractivity (Wildman–Crippen MR) is 79.6 cm³/mol. The van der Waals surface area contributed by atoms with Gasteiger partial charge in [-0.05, 0) is 30.5 Å². The minimum atomic E-state index is -4.34. The second-order valence-electron chi connectivity index (χ2n) is 5.15. The first-order valence-electron chi connectivity index (χ1n) is 7.24. The van der Waals surface area contributed by atoms with Crippen molar-refractivity contribution < 1.29 is 18.1 Å². The molecule has 0 unspecified atom stereocenters. The Labute approximate surface area is 121 Å². The summed E-state index contributed by atoms with van der Waals surface area (Å²) in [6.45, 7) is 2.20. The molecular weight excluding hydrogens is 276 g/mol. The van der Waals surface area contributed by atoms with Gasteiger partial charge in [0.25, 0.3) is 10.1 Å². The van der Waals surface area contributed by atoms with E-state index in [2.05, 4.69) is 6.92 Å². The van der Waals surface area contributed by atoms with Crippen LogP contribution in [0.15, 0.2) is 23.1 Å². The van der Waals surface area contributed by atoms with Gasteiger partial charge < -0.3 is 5.11 Å². The Kier molecular flexibility index (Phi) is 7.02. The van der Waals surface area contributed by atoms with Gasteiger partial charge in [0.2, 0.25) is 0 Å². The van der Waals surface area contributed by atoms with E-state index in [4.69, 9.17) is 4.55 Å². The normalized spacial score (nSPS) is 11.7. The van der Waals surface area contributed by atoms with Gasteiger partial charge in [-0.1, -0.05) is 51.5 Å². The molecule has 0 heterocycles. The van der Waals surface area contributed by atoms with Crippen LogP contribution in [0.1, 0.15) is 57.4 Å². The average molecular weight is 300 g/mol. The largest absolute Gasteiger partial charge is 0.506 e. The Morgan fingerprint density at radius 2 is 1.60 bits per heavy atom. The average Bonchev–Trinajstić information content (AvgIpc) is 2.36. The molecule has 2 N–H and O–H groups in total. The molecule has 1 aromatic carbocycles. The third-order valence-electron chi connectivity index (χ3n) is 3.37. The van der Waals surface area contributed by atoms with Gasteiger partial charge in [-0.2, -0.15) is 8.42 Å². The van der Waals surface area contributed by atoms with Crippen LogP contribution in [0.25, 0.3) is 0 Å². The molecule has 1 aromatic rings. The van der Waals surface area contributed by atoms with Crippen molar-refractivity contribution >= 4 is 10.1 Å². The lowest BCUT2D eigenvalue weighted by Gasteiger charge is -2.05. The summed E-state index contributed by atoms with van der Waals surface area (Å²) in [7, 11) is -4.34. The molecule has 0 amide bonds. The van der Waals surface area contributed by atoms with Crippen molar-refractivity contribution in [1.82, 2.24) is 0 Å². The van der Waals surface area contributed by atoms with Crippen molar-refractivity contribution in [3.05, 3.63) is 23.8 Å². The van der Waals surface area contributed by atoms with Gasteiger partial charge in [-0.15, -0.1) is 0 Å². The summed E-state index contributed by atoms with van der Waals surface area (Å²) < 4.78 is 30.8. The van der Waals surface area contributed by atoms with Gasteiger partial charge in [-0.25, -0.2) is 0 Å². The zero-order valence-electron chi connectivity index (χ0n) is 12.0. The van der Waals surface area contributed by atoms with Crippen LogP contribution in [-0.4, -0.2) is 18.1 Å². The fraction of sp³-hybridized carbons (Fsp3) is 0.600. The van der Waals surface area contributed by atoms with Crippen molar-refractivity contribution in [1.29, 1.82) is 0 Å². The van der Waals surface area contributed by atoms with E-state index in [-0.39, 0.29) is 5.75 Å². The molecule has 0 atom stereocenters. The van der Waals surface area contributed by atoms with Crippen LogP contribution in [0, 0.1) is 0 Å². The minimum absolute atomic E-state index is 0.382. The number of aromatic hydroxyl groups is 1. The standard InChI is InChI=1S/C15H24O4S/c1-2-3-4-5-6-7-8-9-13-10-11-15(14(16)12-13)20(17,18)19/h10-12,16H,2-9H2,1H3,(H,17,18,19). The summed E-state index contributed by atoms with van der Waals surface area (Å²) >= 11 is 0. The molecule has 114 valence electrons. The summed E-state index contributed by atoms with van der Waals surface area (Å²) in [4.78, 5) is -0.430. The van der Waals surface area contributed by atoms with Crippen molar-refractivity contribution in [2.45, 2.75) is 63.2 Å². The van der Waals surface area contributed by atoms with E-state index in [1.807, 2.05) is 0 Å². The van der Waals surface area contributed by atoms with Gasteiger partial charge in [0.05, 0.1) is 0 Å². The zero-order valence-corrected chi connectivity index (χ0v) is 12.8. The van der Waals surface area contributed by atoms with Crippen LogP contribution < -0.4 is 0 Å². The Bertz CT molecular complexity index is 509. The first-order chi connectivity index (χ1) is 9.45. The van der Waals surface area contributed by atoms with Crippen LogP contribution in [-0.2, 0) is 16.5 Å². The maximum absolute atomic E-state index is 10.9. The molecule has 4 nitrogen and oxygen atoms in total. The lowest BCUT2D eigenvalue weighted by atomic mass is 10.0. The molecule has 0 fully saturated rings. The fourth-order valence-corrected chi connectivity index (χ4v) is 2.79. The summed E-state index contributed by atoms with van der Waals surface area (Å²) in [6, 6.07) is 4.31. The lowest BCUT2D eigenvalue weighted by molar-refractivity contribution is 0.442. The third-order valence-corrected chi connectivity index (χ3v) is 4.27. The number of hydrogen-bond donors (Lipinski definition) is 2. The SMILES string of the molecule is CCCCCCCCCc1ccc(S(=O)(=O)O)c(O)c1. The van der Waals surface area contributed by atoms with Gasteiger partial charge in [0.15, 0.2) is 0 Å². The van der Waals surface area contributed by atoms with Gasteiger partial charge in [-0.3, -0.25) is 4.55 Å². The molecule has 5 heteroatoms. The van der Waals surface area contributed by atoms with Crippen molar-refractivity contribution in [3.63, 3.8) is 0 Å². The Morgan fingerprint density at radius 3 is 2.15 bits per heavy atom. The summed E-state index contributed by atoms with van der Waals surface area (Å²) in [6.07, 6.45) is 9.30. The molecule has 0 radical (unpaired) electrons. The van der Waals surface area contributed by atoms with Crippen LogP contribution in [0.2, 0.25) is 0 Å². The van der Waals surface area contributed by atoms with Crippen molar-refractivity contribution in [3.8, 4) is 5.75 Å². The summed E-state index contributed by atoms with van der Waals surface area (Å²) in [5.41, 5.74) is 0.892. The minimum Gasteiger partial charge on any atom is -0.506 e. The molecule has 20 heavy (non-hydrogen) atoms. The Balaban J connectivity index is 2.37. The van der Waals surface area contributed by atoms with E-state index in [1.165, 1.54) is 44.2 Å². The van der Waals surface area contributed by atoms with Crippen LogP contribution in [0.5, 0.6) is 5.75 Å². The monoisotopic (exact) mass is 300 g/mol. The van der Waals surface area contributed by atoms with Gasteiger partial charge in [0.1, 0.15) is 10.6 Å². The second-order valence-corrected chi connectivity index (χ2v) is 6.54. The highest BCUT2D eigenvalue weighted by molar-refractivity contribution is 7.86. The molecule has 0 aliphatic rings. The fourth-order valence-electron chi connectivity index (χ4n) is 2.22. The quantitative estimate of drug-likeness (QED) is 0.535. The van der Waals surface area contributed by atoms with E-state index in [1.54, 1.807) is 6.07 Å². The van der Waals surface area contributed by atoms with E-state index >= 15 is 0 Å². The highest BCUT2D eigenvalue weighted by Gasteiger charge is 2.15. The molecule has 0 aromatic heterocycles. The molecule has 0 bridgehead atoms. The molecule has 1 rings (SSSR count). The van der Waals surface area contributed by atoms with Crippen LogP contribution in [0.3, 0.4) is 0 Å². The van der Waals surface area contributed by atoms with E-state index in [0.717, 1.165) is 24.8 Å². The summed E-state index contributed by atoms with van der Waals surface area (Å²) in [5, 5.41) is 9.59. The highest BCUT2D eigenvalue weighted by Crippen LogP contribution is 2.24. The zero-order chi connectivity index (χ0) is 15.0. The third kappa shape index (κ3) is 5.92. The number of phenols is 1. The Hall–Kier alpha value is -1.07. The van der Waals surface area contributed by atoms with Gasteiger partial charge in [0, 0.05) is 0 Å². The molecule has 0 aliphatic heterocycles. The second kappa shape index (κ2) is 8.27. The number of rotatable bonds is 9. The maximum atomic E-state index is 10.9. The Morgan fingerprint density at radius 1 is 1.00 bits per heavy atom. The number of phenolic OH excluding ortho intramolecular Hbond substituents is 1. The number of hydrogen-bond acceptors (Lipinski definition) is 3. The molecule has 0 saturated carbocycles.